The van der Waals surface area contributed by atoms with E-state index in [0.29, 0.717) is 24.5 Å². The maximum atomic E-state index is 13.2. The molecule has 1 fully saturated rings. The van der Waals surface area contributed by atoms with Crippen molar-refractivity contribution in [2.45, 2.75) is 33.0 Å². The minimum Gasteiger partial charge on any atom is -0.368 e. The van der Waals surface area contributed by atoms with Crippen LogP contribution in [-0.2, 0) is 21.0 Å². The van der Waals surface area contributed by atoms with Crippen LogP contribution in [0, 0.1) is 13.8 Å². The average Bonchev–Trinajstić information content (AvgIpc) is 2.74. The number of hydrogen-bond donors (Lipinski definition) is 0. The van der Waals surface area contributed by atoms with E-state index in [1.807, 2.05) is 19.9 Å². The number of anilines is 2. The molecule has 1 aliphatic heterocycles. The molecule has 10 heteroatoms. The van der Waals surface area contributed by atoms with Gasteiger partial charge in [-0.1, -0.05) is 12.1 Å². The van der Waals surface area contributed by atoms with Crippen molar-refractivity contribution in [1.82, 2.24) is 4.90 Å². The molecule has 3 rings (SSSR count). The second-order valence-corrected chi connectivity index (χ2v) is 10.2. The first-order valence-corrected chi connectivity index (χ1v) is 12.4. The lowest BCUT2D eigenvalue weighted by Gasteiger charge is -2.39. The van der Waals surface area contributed by atoms with Crippen LogP contribution in [0.3, 0.4) is 0 Å². The number of carbonyl (C=O) groups excluding carboxylic acids is 1. The molecule has 1 amide bonds. The molecule has 0 spiro atoms. The lowest BCUT2D eigenvalue weighted by atomic mass is 10.1. The van der Waals surface area contributed by atoms with Gasteiger partial charge in [-0.2, -0.15) is 13.2 Å². The van der Waals surface area contributed by atoms with Gasteiger partial charge in [-0.15, -0.1) is 0 Å². The summed E-state index contributed by atoms with van der Waals surface area (Å²) in [5, 5.41) is 0. The van der Waals surface area contributed by atoms with E-state index in [-0.39, 0.29) is 19.0 Å². The molecule has 6 nitrogen and oxygen atoms in total. The van der Waals surface area contributed by atoms with Crippen molar-refractivity contribution in [1.29, 1.82) is 0 Å². The number of halogens is 3. The molecular formula is C23H28F3N3O3S. The van der Waals surface area contributed by atoms with Gasteiger partial charge in [-0.3, -0.25) is 9.10 Å². The van der Waals surface area contributed by atoms with E-state index in [1.165, 1.54) is 6.07 Å². The number of amides is 1. The van der Waals surface area contributed by atoms with Gasteiger partial charge in [0.15, 0.2) is 0 Å². The Labute approximate surface area is 192 Å². The summed E-state index contributed by atoms with van der Waals surface area (Å²) in [7, 11) is -3.73. The summed E-state index contributed by atoms with van der Waals surface area (Å²) in [5.41, 5.74) is 2.07. The number of benzene rings is 2. The first kappa shape index (κ1) is 24.9. The Kier molecular flexibility index (Phi) is 6.97. The molecule has 1 saturated heterocycles. The molecule has 1 heterocycles. The fourth-order valence-corrected chi connectivity index (χ4v) is 5.15. The van der Waals surface area contributed by atoms with Crippen LogP contribution in [-0.4, -0.2) is 57.7 Å². The quantitative estimate of drug-likeness (QED) is 0.649. The van der Waals surface area contributed by atoms with E-state index in [0.717, 1.165) is 33.8 Å². The third kappa shape index (κ3) is 5.61. The lowest BCUT2D eigenvalue weighted by Crippen LogP contribution is -2.55. The van der Waals surface area contributed by atoms with Crippen molar-refractivity contribution in [2.24, 2.45) is 0 Å². The molecule has 0 radical (unpaired) electrons. The highest BCUT2D eigenvalue weighted by molar-refractivity contribution is 7.92. The number of hydrogen-bond acceptors (Lipinski definition) is 4. The van der Waals surface area contributed by atoms with Crippen LogP contribution in [0.4, 0.5) is 24.5 Å². The molecule has 180 valence electrons. The molecule has 0 aromatic heterocycles. The number of sulfonamides is 1. The van der Waals surface area contributed by atoms with E-state index >= 15 is 0 Å². The molecule has 0 bridgehead atoms. The molecule has 2 aromatic rings. The van der Waals surface area contributed by atoms with Gasteiger partial charge in [-0.25, -0.2) is 8.42 Å². The van der Waals surface area contributed by atoms with Gasteiger partial charge in [0.25, 0.3) is 0 Å². The number of piperazine rings is 1. The number of aryl methyl sites for hydroxylation is 2. The first-order chi connectivity index (χ1) is 15.3. The van der Waals surface area contributed by atoms with Gasteiger partial charge in [0.1, 0.15) is 6.04 Å². The fraction of sp³-hybridized carbons (Fsp3) is 0.435. The summed E-state index contributed by atoms with van der Waals surface area (Å²) in [6, 6.07) is 9.38. The molecule has 33 heavy (non-hydrogen) atoms. The molecule has 0 N–H and O–H groups in total. The van der Waals surface area contributed by atoms with E-state index in [1.54, 1.807) is 34.9 Å². The Balaban J connectivity index is 1.74. The standard InChI is InChI=1S/C23H28F3N3O3S/c1-16-8-9-21(14-17(16)2)29(33(4,31)32)18(3)22(30)28-12-10-27(11-13-28)20-7-5-6-19(15-20)23(24,25)26/h5-9,14-15,18H,10-13H2,1-4H3/t18-/m1/s1. The van der Waals surface area contributed by atoms with Crippen LogP contribution in [0.1, 0.15) is 23.6 Å². The second kappa shape index (κ2) is 9.24. The maximum Gasteiger partial charge on any atom is 0.416 e. The molecule has 1 aliphatic rings. The Morgan fingerprint density at radius 2 is 1.64 bits per heavy atom. The smallest absolute Gasteiger partial charge is 0.368 e. The predicted molar refractivity (Wildman–Crippen MR) is 123 cm³/mol. The molecule has 1 atom stereocenters. The van der Waals surface area contributed by atoms with E-state index in [9.17, 15) is 26.4 Å². The van der Waals surface area contributed by atoms with Gasteiger partial charge in [-0.05, 0) is 62.2 Å². The third-order valence-corrected chi connectivity index (χ3v) is 7.18. The second-order valence-electron chi connectivity index (χ2n) is 8.36. The summed E-state index contributed by atoms with van der Waals surface area (Å²) in [6.07, 6.45) is -3.36. The van der Waals surface area contributed by atoms with Gasteiger partial charge in [0.05, 0.1) is 17.5 Å². The van der Waals surface area contributed by atoms with Gasteiger partial charge in [0.2, 0.25) is 15.9 Å². The van der Waals surface area contributed by atoms with E-state index in [2.05, 4.69) is 0 Å². The molecule has 0 saturated carbocycles. The predicted octanol–water partition coefficient (Wildman–Crippen LogP) is 3.83. The fourth-order valence-electron chi connectivity index (χ4n) is 3.99. The Morgan fingerprint density at radius 1 is 1.00 bits per heavy atom. The van der Waals surface area contributed by atoms with E-state index in [4.69, 9.17) is 0 Å². The van der Waals surface area contributed by atoms with Crippen molar-refractivity contribution in [3.8, 4) is 0 Å². The minimum absolute atomic E-state index is 0.282. The highest BCUT2D eigenvalue weighted by Crippen LogP contribution is 2.32. The van der Waals surface area contributed by atoms with Crippen molar-refractivity contribution in [3.63, 3.8) is 0 Å². The van der Waals surface area contributed by atoms with Crippen LogP contribution >= 0.6 is 0 Å². The number of carbonyl (C=O) groups is 1. The molecular weight excluding hydrogens is 455 g/mol. The maximum absolute atomic E-state index is 13.2. The van der Waals surface area contributed by atoms with Gasteiger partial charge >= 0.3 is 6.18 Å². The molecule has 2 aromatic carbocycles. The highest BCUT2D eigenvalue weighted by Gasteiger charge is 2.34. The summed E-state index contributed by atoms with van der Waals surface area (Å²) < 4.78 is 65.3. The molecule has 0 aliphatic carbocycles. The largest absolute Gasteiger partial charge is 0.416 e. The van der Waals surface area contributed by atoms with Crippen LogP contribution in [0.2, 0.25) is 0 Å². The van der Waals surface area contributed by atoms with Crippen molar-refractivity contribution >= 4 is 27.3 Å². The van der Waals surface area contributed by atoms with Crippen LogP contribution in [0.15, 0.2) is 42.5 Å². The van der Waals surface area contributed by atoms with Crippen LogP contribution in [0.5, 0.6) is 0 Å². The highest BCUT2D eigenvalue weighted by atomic mass is 32.2. The number of rotatable bonds is 5. The Morgan fingerprint density at radius 3 is 2.18 bits per heavy atom. The lowest BCUT2D eigenvalue weighted by molar-refractivity contribution is -0.137. The monoisotopic (exact) mass is 483 g/mol. The molecule has 0 unspecified atom stereocenters. The van der Waals surface area contributed by atoms with E-state index < -0.39 is 27.8 Å². The topological polar surface area (TPSA) is 60.9 Å². The average molecular weight is 484 g/mol. The van der Waals surface area contributed by atoms with Crippen molar-refractivity contribution in [3.05, 3.63) is 59.2 Å². The Hall–Kier alpha value is -2.75. The first-order valence-electron chi connectivity index (χ1n) is 10.6. The summed E-state index contributed by atoms with van der Waals surface area (Å²) >= 11 is 0. The van der Waals surface area contributed by atoms with Crippen LogP contribution in [0.25, 0.3) is 0 Å². The summed E-state index contributed by atoms with van der Waals surface area (Å²) in [4.78, 5) is 16.5. The normalized spacial score (nSPS) is 16.0. The van der Waals surface area contributed by atoms with Crippen LogP contribution < -0.4 is 9.21 Å². The minimum atomic E-state index is -4.42. The summed E-state index contributed by atoms with van der Waals surface area (Å²) in [5.74, 6) is -0.345. The zero-order chi connectivity index (χ0) is 24.6. The SMILES string of the molecule is Cc1ccc(N([C@H](C)C(=O)N2CCN(c3cccc(C(F)(F)F)c3)CC2)S(C)(=O)=O)cc1C. The number of alkyl halides is 3. The van der Waals surface area contributed by atoms with Gasteiger partial charge < -0.3 is 9.80 Å². The zero-order valence-corrected chi connectivity index (χ0v) is 19.9. The Bertz CT molecular complexity index is 1130. The number of nitrogens with zero attached hydrogens (tertiary/aromatic N) is 3. The van der Waals surface area contributed by atoms with Gasteiger partial charge in [0, 0.05) is 31.9 Å². The third-order valence-electron chi connectivity index (χ3n) is 5.94. The zero-order valence-electron chi connectivity index (χ0n) is 19.1. The van der Waals surface area contributed by atoms with Crippen molar-refractivity contribution < 1.29 is 26.4 Å². The van der Waals surface area contributed by atoms with Crippen molar-refractivity contribution in [2.75, 3.05) is 41.6 Å². The summed E-state index contributed by atoms with van der Waals surface area (Å²) in [6.45, 7) is 6.61.